The quantitative estimate of drug-likeness (QED) is 0.603. The molecule has 0 amide bonds. The van der Waals surface area contributed by atoms with Crippen LogP contribution >= 0.6 is 0 Å². The largest absolute Gasteiger partial charge is 0.0625 e. The van der Waals surface area contributed by atoms with Gasteiger partial charge in [-0.15, -0.1) is 0 Å². The Labute approximate surface area is 69.3 Å². The topological polar surface area (TPSA) is 0 Å². The first kappa shape index (κ1) is 8.32. The van der Waals surface area contributed by atoms with Gasteiger partial charge in [-0.1, -0.05) is 32.0 Å². The van der Waals surface area contributed by atoms with E-state index in [2.05, 4.69) is 45.0 Å². The standard InChI is InChI=1S/C11H15/c1-9(2)7-11-6-4-5-10(3)8-11/h4-6,9H,7H2,1-3H3. The van der Waals surface area contributed by atoms with Gasteiger partial charge in [0.1, 0.15) is 0 Å². The van der Waals surface area contributed by atoms with Crippen LogP contribution in [0.2, 0.25) is 0 Å². The summed E-state index contributed by atoms with van der Waals surface area (Å²) in [4.78, 5) is 0. The average Bonchev–Trinajstić information content (AvgIpc) is 1.85. The first-order valence-corrected chi connectivity index (χ1v) is 4.16. The SMILES string of the molecule is Cc1[c]c(CC(C)C)ccc1. The third kappa shape index (κ3) is 2.75. The highest BCUT2D eigenvalue weighted by atomic mass is 14.0. The van der Waals surface area contributed by atoms with E-state index in [-0.39, 0.29) is 0 Å². The van der Waals surface area contributed by atoms with Gasteiger partial charge in [-0.2, -0.15) is 0 Å². The zero-order valence-corrected chi connectivity index (χ0v) is 7.52. The molecule has 0 aliphatic rings. The van der Waals surface area contributed by atoms with Crippen molar-refractivity contribution in [2.75, 3.05) is 0 Å². The molecule has 0 aliphatic heterocycles. The highest BCUT2D eigenvalue weighted by Crippen LogP contribution is 2.08. The molecular weight excluding hydrogens is 132 g/mol. The van der Waals surface area contributed by atoms with Gasteiger partial charge >= 0.3 is 0 Å². The molecule has 11 heavy (non-hydrogen) atoms. The molecule has 1 radical (unpaired) electrons. The van der Waals surface area contributed by atoms with Crippen molar-refractivity contribution in [1.82, 2.24) is 0 Å². The van der Waals surface area contributed by atoms with E-state index in [4.69, 9.17) is 0 Å². The van der Waals surface area contributed by atoms with Crippen molar-refractivity contribution >= 4 is 0 Å². The number of benzene rings is 1. The number of hydrogen-bond acceptors (Lipinski definition) is 0. The van der Waals surface area contributed by atoms with Crippen LogP contribution in [0.25, 0.3) is 0 Å². The van der Waals surface area contributed by atoms with Gasteiger partial charge in [-0.25, -0.2) is 0 Å². The summed E-state index contributed by atoms with van der Waals surface area (Å²) in [6.07, 6.45) is 1.14. The second kappa shape index (κ2) is 3.56. The lowest BCUT2D eigenvalue weighted by Gasteiger charge is -2.04. The lowest BCUT2D eigenvalue weighted by atomic mass is 10.0. The van der Waals surface area contributed by atoms with Gasteiger partial charge in [-0.05, 0) is 36.5 Å². The van der Waals surface area contributed by atoms with Gasteiger partial charge in [0.05, 0.1) is 0 Å². The number of hydrogen-bond donors (Lipinski definition) is 0. The Kier molecular flexibility index (Phi) is 2.70. The molecule has 1 rings (SSSR count). The molecule has 59 valence electrons. The van der Waals surface area contributed by atoms with E-state index in [1.165, 1.54) is 11.1 Å². The van der Waals surface area contributed by atoms with Crippen molar-refractivity contribution in [2.24, 2.45) is 5.92 Å². The van der Waals surface area contributed by atoms with Crippen LogP contribution in [-0.2, 0) is 6.42 Å². The third-order valence-electron chi connectivity index (χ3n) is 1.63. The first-order chi connectivity index (χ1) is 5.18. The van der Waals surface area contributed by atoms with Crippen LogP contribution in [0.4, 0.5) is 0 Å². The van der Waals surface area contributed by atoms with E-state index < -0.39 is 0 Å². The number of rotatable bonds is 2. The van der Waals surface area contributed by atoms with Crippen LogP contribution in [0, 0.1) is 18.9 Å². The molecule has 0 bridgehead atoms. The summed E-state index contributed by atoms with van der Waals surface area (Å²) in [5, 5.41) is 0. The molecule has 0 nitrogen and oxygen atoms in total. The summed E-state index contributed by atoms with van der Waals surface area (Å²) in [5.41, 5.74) is 2.57. The van der Waals surface area contributed by atoms with E-state index in [0.717, 1.165) is 12.3 Å². The van der Waals surface area contributed by atoms with Gasteiger partial charge in [0.25, 0.3) is 0 Å². The fourth-order valence-electron chi connectivity index (χ4n) is 1.20. The Morgan fingerprint density at radius 3 is 2.64 bits per heavy atom. The zero-order valence-electron chi connectivity index (χ0n) is 7.52. The summed E-state index contributed by atoms with van der Waals surface area (Å²) in [7, 11) is 0. The van der Waals surface area contributed by atoms with Crippen molar-refractivity contribution in [3.05, 3.63) is 35.4 Å². The van der Waals surface area contributed by atoms with E-state index in [1.807, 2.05) is 0 Å². The molecule has 0 spiro atoms. The van der Waals surface area contributed by atoms with Crippen molar-refractivity contribution in [3.63, 3.8) is 0 Å². The van der Waals surface area contributed by atoms with Crippen molar-refractivity contribution < 1.29 is 0 Å². The molecule has 0 aliphatic carbocycles. The molecule has 0 N–H and O–H groups in total. The van der Waals surface area contributed by atoms with Crippen molar-refractivity contribution in [2.45, 2.75) is 27.2 Å². The Balaban J connectivity index is 2.71. The fourth-order valence-corrected chi connectivity index (χ4v) is 1.20. The van der Waals surface area contributed by atoms with E-state index in [9.17, 15) is 0 Å². The maximum Gasteiger partial charge on any atom is -0.0117 e. The second-order valence-electron chi connectivity index (χ2n) is 3.46. The maximum absolute atomic E-state index is 3.34. The predicted molar refractivity (Wildman–Crippen MR) is 48.6 cm³/mol. The average molecular weight is 147 g/mol. The maximum atomic E-state index is 3.34. The summed E-state index contributed by atoms with van der Waals surface area (Å²) < 4.78 is 0. The summed E-state index contributed by atoms with van der Waals surface area (Å²) >= 11 is 0. The lowest BCUT2D eigenvalue weighted by Crippen LogP contribution is -1.93. The highest BCUT2D eigenvalue weighted by Gasteiger charge is 1.96. The van der Waals surface area contributed by atoms with Gasteiger partial charge in [0.15, 0.2) is 0 Å². The summed E-state index contributed by atoms with van der Waals surface area (Å²) in [5.74, 6) is 0.730. The molecule has 1 aromatic rings. The van der Waals surface area contributed by atoms with Crippen LogP contribution in [-0.4, -0.2) is 0 Å². The molecule has 0 saturated carbocycles. The van der Waals surface area contributed by atoms with Gasteiger partial charge in [0.2, 0.25) is 0 Å². The van der Waals surface area contributed by atoms with Crippen LogP contribution in [0.1, 0.15) is 25.0 Å². The Hall–Kier alpha value is -0.780. The minimum atomic E-state index is 0.730. The van der Waals surface area contributed by atoms with Gasteiger partial charge < -0.3 is 0 Å². The third-order valence-corrected chi connectivity index (χ3v) is 1.63. The Morgan fingerprint density at radius 2 is 2.09 bits per heavy atom. The second-order valence-corrected chi connectivity index (χ2v) is 3.46. The Bertz CT molecular complexity index is 223. The van der Waals surface area contributed by atoms with E-state index in [1.54, 1.807) is 0 Å². The monoisotopic (exact) mass is 147 g/mol. The predicted octanol–water partition coefficient (Wildman–Crippen LogP) is 2.99. The molecule has 0 aromatic heterocycles. The molecule has 0 heterocycles. The van der Waals surface area contributed by atoms with E-state index in [0.29, 0.717) is 0 Å². The van der Waals surface area contributed by atoms with Crippen LogP contribution in [0.5, 0.6) is 0 Å². The minimum absolute atomic E-state index is 0.730. The molecule has 0 fully saturated rings. The highest BCUT2D eigenvalue weighted by molar-refractivity contribution is 5.20. The first-order valence-electron chi connectivity index (χ1n) is 4.16. The molecule has 0 saturated heterocycles. The van der Waals surface area contributed by atoms with Gasteiger partial charge in [0, 0.05) is 0 Å². The number of aryl methyl sites for hydroxylation is 1. The van der Waals surface area contributed by atoms with Crippen molar-refractivity contribution in [3.8, 4) is 0 Å². The molecular formula is C11H15. The molecule has 0 atom stereocenters. The smallest absolute Gasteiger partial charge is 0.0117 e. The minimum Gasteiger partial charge on any atom is -0.0625 e. The molecule has 0 unspecified atom stereocenters. The normalized spacial score (nSPS) is 10.5. The van der Waals surface area contributed by atoms with Crippen LogP contribution < -0.4 is 0 Å². The molecule has 1 aromatic carbocycles. The molecule has 0 heteroatoms. The summed E-state index contributed by atoms with van der Waals surface area (Å²) in [6, 6.07) is 9.67. The summed E-state index contributed by atoms with van der Waals surface area (Å²) in [6.45, 7) is 6.55. The van der Waals surface area contributed by atoms with Crippen LogP contribution in [0.3, 0.4) is 0 Å². The van der Waals surface area contributed by atoms with Crippen molar-refractivity contribution in [1.29, 1.82) is 0 Å². The van der Waals surface area contributed by atoms with E-state index >= 15 is 0 Å². The van der Waals surface area contributed by atoms with Gasteiger partial charge in [-0.3, -0.25) is 0 Å². The zero-order chi connectivity index (χ0) is 8.27. The lowest BCUT2D eigenvalue weighted by molar-refractivity contribution is 0.646. The fraction of sp³-hybridized carbons (Fsp3) is 0.455. The van der Waals surface area contributed by atoms with Crippen LogP contribution in [0.15, 0.2) is 18.2 Å². The Morgan fingerprint density at radius 1 is 1.36 bits per heavy atom.